The van der Waals surface area contributed by atoms with Crippen LogP contribution in [0.1, 0.15) is 126 Å². The molecule has 3 fully saturated rings. The smallest absolute Gasteiger partial charge is 0.433 e. The molecular formula is C38H54Cl2F3N3O4Si. The highest BCUT2D eigenvalue weighted by Gasteiger charge is 2.63. The molecular weight excluding hydrogens is 718 g/mol. The zero-order valence-electron chi connectivity index (χ0n) is 31.3. The van der Waals surface area contributed by atoms with Gasteiger partial charge in [-0.3, -0.25) is 14.3 Å². The summed E-state index contributed by atoms with van der Waals surface area (Å²) in [7, 11) is -2.34. The van der Waals surface area contributed by atoms with Crippen molar-refractivity contribution < 1.29 is 31.9 Å². The van der Waals surface area contributed by atoms with Crippen LogP contribution in [0.15, 0.2) is 18.3 Å². The molecule has 0 spiro atoms. The second kappa shape index (κ2) is 15.0. The SMILES string of the molecule is CCOC(=O)C1(C)CCC(n2ncc(C(=O)N(CC(O[Si](CC)(CC)CC)c3c(Cl)cc(C)cc3Cl)C3C[C@@H]4[C@H](C3)C4(C)C)c2C(F)(F)F)CC1. The first-order valence-corrected chi connectivity index (χ1v) is 21.9. The van der Waals surface area contributed by atoms with Crippen LogP contribution in [-0.2, 0) is 20.1 Å². The Balaban J connectivity index is 1.55. The number of hydrogen-bond donors (Lipinski definition) is 0. The van der Waals surface area contributed by atoms with Gasteiger partial charge in [0.15, 0.2) is 14.0 Å². The van der Waals surface area contributed by atoms with Crippen LogP contribution >= 0.6 is 23.2 Å². The minimum Gasteiger partial charge on any atom is -0.466 e. The molecule has 1 heterocycles. The fourth-order valence-electron chi connectivity index (χ4n) is 9.04. The van der Waals surface area contributed by atoms with Gasteiger partial charge in [0.25, 0.3) is 5.91 Å². The van der Waals surface area contributed by atoms with Crippen LogP contribution < -0.4 is 0 Å². The number of alkyl halides is 3. The van der Waals surface area contributed by atoms with Crippen molar-refractivity contribution in [2.45, 2.75) is 136 Å². The topological polar surface area (TPSA) is 73.7 Å². The van der Waals surface area contributed by atoms with Gasteiger partial charge >= 0.3 is 12.1 Å². The highest BCUT2D eigenvalue weighted by molar-refractivity contribution is 6.73. The lowest BCUT2D eigenvalue weighted by Crippen LogP contribution is -2.46. The molecule has 2 aromatic rings. The maximum Gasteiger partial charge on any atom is 0.433 e. The zero-order chi connectivity index (χ0) is 37.7. The third-order valence-electron chi connectivity index (χ3n) is 12.7. The molecule has 7 nitrogen and oxygen atoms in total. The Bertz CT molecular complexity index is 1560. The predicted molar refractivity (Wildman–Crippen MR) is 197 cm³/mol. The van der Waals surface area contributed by atoms with E-state index >= 15 is 13.2 Å². The largest absolute Gasteiger partial charge is 0.466 e. The third kappa shape index (κ3) is 7.78. The molecule has 284 valence electrons. The Morgan fingerprint density at radius 2 is 1.57 bits per heavy atom. The minimum atomic E-state index is -4.84. The van der Waals surface area contributed by atoms with Gasteiger partial charge in [0.2, 0.25) is 0 Å². The summed E-state index contributed by atoms with van der Waals surface area (Å²) in [5.74, 6) is -0.273. The lowest BCUT2D eigenvalue weighted by Gasteiger charge is -2.39. The van der Waals surface area contributed by atoms with Crippen molar-refractivity contribution >= 4 is 43.4 Å². The first-order valence-electron chi connectivity index (χ1n) is 18.6. The Hall–Kier alpha value is -2.08. The van der Waals surface area contributed by atoms with Gasteiger partial charge < -0.3 is 14.1 Å². The van der Waals surface area contributed by atoms with E-state index in [-0.39, 0.29) is 30.6 Å². The van der Waals surface area contributed by atoms with Crippen molar-refractivity contribution in [1.29, 1.82) is 0 Å². The van der Waals surface area contributed by atoms with Crippen molar-refractivity contribution in [2.24, 2.45) is 22.7 Å². The van der Waals surface area contributed by atoms with E-state index in [4.69, 9.17) is 32.4 Å². The van der Waals surface area contributed by atoms with Crippen LogP contribution in [0, 0.1) is 29.6 Å². The number of aryl methyl sites for hydroxylation is 1. The summed E-state index contributed by atoms with van der Waals surface area (Å²) in [6, 6.07) is 5.22. The van der Waals surface area contributed by atoms with Crippen molar-refractivity contribution in [3.8, 4) is 0 Å². The van der Waals surface area contributed by atoms with Crippen molar-refractivity contribution in [2.75, 3.05) is 13.2 Å². The lowest BCUT2D eigenvalue weighted by atomic mass is 9.74. The van der Waals surface area contributed by atoms with Crippen molar-refractivity contribution in [1.82, 2.24) is 14.7 Å². The molecule has 0 radical (unpaired) electrons. The van der Waals surface area contributed by atoms with Crippen molar-refractivity contribution in [3.05, 3.63) is 50.8 Å². The van der Waals surface area contributed by atoms with Gasteiger partial charge in [0.1, 0.15) is 0 Å². The molecule has 5 rings (SSSR count). The van der Waals surface area contributed by atoms with E-state index in [1.165, 1.54) is 0 Å². The van der Waals surface area contributed by atoms with Crippen LogP contribution in [-0.4, -0.2) is 54.1 Å². The Kier molecular flexibility index (Phi) is 11.8. The number of hydrogen-bond acceptors (Lipinski definition) is 5. The Morgan fingerprint density at radius 1 is 1.02 bits per heavy atom. The second-order valence-corrected chi connectivity index (χ2v) is 21.5. The number of halogens is 5. The first kappa shape index (κ1) is 40.1. The van der Waals surface area contributed by atoms with Gasteiger partial charge in [-0.1, -0.05) is 57.8 Å². The summed E-state index contributed by atoms with van der Waals surface area (Å²) in [6.45, 7) is 16.4. The summed E-state index contributed by atoms with van der Waals surface area (Å²) in [4.78, 5) is 29.1. The Labute approximate surface area is 312 Å². The lowest BCUT2D eigenvalue weighted by molar-refractivity contribution is -0.157. The van der Waals surface area contributed by atoms with Crippen LogP contribution in [0.2, 0.25) is 28.2 Å². The van der Waals surface area contributed by atoms with E-state index in [9.17, 15) is 9.59 Å². The van der Waals surface area contributed by atoms with Crippen molar-refractivity contribution in [3.63, 3.8) is 0 Å². The molecule has 3 saturated carbocycles. The monoisotopic (exact) mass is 771 g/mol. The average Bonchev–Trinajstić information content (AvgIpc) is 3.48. The molecule has 2 unspecified atom stereocenters. The highest BCUT2D eigenvalue weighted by Crippen LogP contribution is 2.67. The number of fused-ring (bicyclic) bond motifs is 1. The molecule has 0 aliphatic heterocycles. The second-order valence-electron chi connectivity index (χ2n) is 16.0. The number of carbonyl (C=O) groups is 2. The Morgan fingerprint density at radius 3 is 2.06 bits per heavy atom. The molecule has 0 N–H and O–H groups in total. The molecule has 13 heteroatoms. The number of amides is 1. The predicted octanol–water partition coefficient (Wildman–Crippen LogP) is 10.8. The number of esters is 1. The summed E-state index contributed by atoms with van der Waals surface area (Å²) < 4.78 is 58.7. The van der Waals surface area contributed by atoms with Gasteiger partial charge in [-0.25, -0.2) is 0 Å². The van der Waals surface area contributed by atoms with E-state index in [0.29, 0.717) is 66.0 Å². The summed E-state index contributed by atoms with van der Waals surface area (Å²) in [5, 5.41) is 5.08. The van der Waals surface area contributed by atoms with Crippen LogP contribution in [0.4, 0.5) is 13.2 Å². The molecule has 3 aliphatic carbocycles. The van der Waals surface area contributed by atoms with E-state index in [2.05, 4.69) is 39.7 Å². The normalized spacial score (nSPS) is 26.5. The molecule has 3 aliphatic rings. The minimum absolute atomic E-state index is 0.0183. The van der Waals surface area contributed by atoms with Crippen LogP contribution in [0.3, 0.4) is 0 Å². The number of rotatable bonds is 13. The van der Waals surface area contributed by atoms with E-state index in [1.54, 1.807) is 18.7 Å². The van der Waals surface area contributed by atoms with Gasteiger partial charge in [-0.05, 0) is 112 Å². The number of aromatic nitrogens is 2. The number of carbonyl (C=O) groups excluding carboxylic acids is 2. The molecule has 1 aromatic heterocycles. The molecule has 0 saturated heterocycles. The van der Waals surface area contributed by atoms with Gasteiger partial charge in [0.05, 0.1) is 42.5 Å². The molecule has 1 amide bonds. The average molecular weight is 773 g/mol. The maximum absolute atomic E-state index is 15.1. The van der Waals surface area contributed by atoms with Gasteiger partial charge in [-0.2, -0.15) is 18.3 Å². The fraction of sp³-hybridized carbons (Fsp3) is 0.711. The van der Waals surface area contributed by atoms with Crippen LogP contribution in [0.5, 0.6) is 0 Å². The number of benzene rings is 1. The molecule has 4 atom stereocenters. The van der Waals surface area contributed by atoms with E-state index in [0.717, 1.165) is 34.6 Å². The molecule has 0 bridgehead atoms. The summed E-state index contributed by atoms with van der Waals surface area (Å²) in [6.07, 6.45) is -1.76. The molecule has 51 heavy (non-hydrogen) atoms. The van der Waals surface area contributed by atoms with Gasteiger partial charge in [0, 0.05) is 21.7 Å². The van der Waals surface area contributed by atoms with Gasteiger partial charge in [-0.15, -0.1) is 0 Å². The maximum atomic E-state index is 15.1. The quantitative estimate of drug-likeness (QED) is 0.150. The number of ether oxygens (including phenoxy) is 1. The van der Waals surface area contributed by atoms with E-state index < -0.39 is 49.2 Å². The van der Waals surface area contributed by atoms with Crippen LogP contribution in [0.25, 0.3) is 0 Å². The zero-order valence-corrected chi connectivity index (χ0v) is 33.8. The van der Waals surface area contributed by atoms with E-state index in [1.807, 2.05) is 19.1 Å². The fourth-order valence-corrected chi connectivity index (χ4v) is 12.7. The number of nitrogens with zero attached hydrogens (tertiary/aromatic N) is 3. The third-order valence-corrected chi connectivity index (χ3v) is 18.0. The highest BCUT2D eigenvalue weighted by atomic mass is 35.5. The molecule has 1 aromatic carbocycles. The first-order chi connectivity index (χ1) is 23.9. The summed E-state index contributed by atoms with van der Waals surface area (Å²) >= 11 is 13.8. The standard InChI is InChI=1S/C38H54Cl2F3N3O4Si/c1-9-49-35(48)37(8)15-13-24(14-16-37)46-33(38(41,42)43)26(21-44-46)34(47)45(25-19-27-28(20-25)36(27,6)7)22-31(50-51(10-2,11-3)12-4)32-29(39)17-23(5)18-30(32)40/h17-18,21,24-25,27-28,31H,9-16,19-20,22H2,1-8H3/t24?,25?,27-,28+,31?,37?. The summed E-state index contributed by atoms with van der Waals surface area (Å²) in [5.41, 5.74) is -0.709.